The van der Waals surface area contributed by atoms with Crippen molar-refractivity contribution in [1.29, 1.82) is 0 Å². The Balaban J connectivity index is 1.35. The van der Waals surface area contributed by atoms with Crippen LogP contribution >= 0.6 is 22.6 Å². The third-order valence-corrected chi connectivity index (χ3v) is 8.59. The summed E-state index contributed by atoms with van der Waals surface area (Å²) in [6.45, 7) is 2.23. The molecule has 0 radical (unpaired) electrons. The van der Waals surface area contributed by atoms with Crippen molar-refractivity contribution in [2.24, 2.45) is 29.6 Å². The van der Waals surface area contributed by atoms with E-state index in [-0.39, 0.29) is 0 Å². The molecule has 3 fully saturated rings. The Labute approximate surface area is 156 Å². The predicted octanol–water partition coefficient (Wildman–Crippen LogP) is 7.34. The smallest absolute Gasteiger partial charge is 0.103 e. The molecular formula is C21H36FI. The van der Waals surface area contributed by atoms with Crippen LogP contribution in [0.25, 0.3) is 0 Å². The molecule has 0 spiro atoms. The molecule has 0 nitrogen and oxygen atoms in total. The molecule has 3 aliphatic carbocycles. The number of alkyl halides is 2. The lowest BCUT2D eigenvalue weighted by molar-refractivity contribution is 0.0612. The molecule has 3 saturated carbocycles. The zero-order valence-electron chi connectivity index (χ0n) is 15.0. The fourth-order valence-electron chi connectivity index (χ4n) is 5.65. The summed E-state index contributed by atoms with van der Waals surface area (Å²) >= 11 is 2.63. The van der Waals surface area contributed by atoms with Crippen molar-refractivity contribution >= 4 is 22.6 Å². The number of rotatable bonds is 4. The highest BCUT2D eigenvalue weighted by Gasteiger charge is 2.36. The number of hydrogen-bond donors (Lipinski definition) is 0. The molecule has 2 heteroatoms. The highest BCUT2D eigenvalue weighted by molar-refractivity contribution is 14.1. The molecule has 3 atom stereocenters. The van der Waals surface area contributed by atoms with E-state index in [1.807, 2.05) is 0 Å². The number of hydrogen-bond acceptors (Lipinski definition) is 0. The first-order valence-corrected chi connectivity index (χ1v) is 11.6. The minimum Gasteiger partial charge on any atom is -0.247 e. The van der Waals surface area contributed by atoms with Crippen LogP contribution in [0.4, 0.5) is 4.39 Å². The van der Waals surface area contributed by atoms with Crippen LogP contribution in [0.2, 0.25) is 0 Å². The van der Waals surface area contributed by atoms with E-state index in [4.69, 9.17) is 0 Å². The van der Waals surface area contributed by atoms with Gasteiger partial charge in [0.1, 0.15) is 6.17 Å². The summed E-state index contributed by atoms with van der Waals surface area (Å²) in [6, 6.07) is 0. The zero-order chi connectivity index (χ0) is 16.2. The summed E-state index contributed by atoms with van der Waals surface area (Å²) in [5.74, 6) is 3.72. The van der Waals surface area contributed by atoms with Crippen LogP contribution in [-0.2, 0) is 0 Å². The van der Waals surface area contributed by atoms with Gasteiger partial charge in [0.15, 0.2) is 0 Å². The second kappa shape index (κ2) is 8.85. The molecule has 0 amide bonds. The van der Waals surface area contributed by atoms with Crippen LogP contribution in [0, 0.1) is 29.6 Å². The van der Waals surface area contributed by atoms with Crippen molar-refractivity contribution < 1.29 is 4.39 Å². The Morgan fingerprint density at radius 1 is 0.783 bits per heavy atom. The standard InChI is InChI=1S/C21H36FI/c1-15-2-13-20(21(22)14-15)18-9-5-16(6-10-18)3-4-17-7-11-19(23)12-8-17/h15-21H,2-14H2,1H3. The topological polar surface area (TPSA) is 0 Å². The van der Waals surface area contributed by atoms with Crippen molar-refractivity contribution in [3.05, 3.63) is 0 Å². The SMILES string of the molecule is CC1CCC(C2CCC(CCC3CCC(I)CC3)CC2)C(F)C1. The van der Waals surface area contributed by atoms with E-state index in [0.717, 1.165) is 28.6 Å². The third kappa shape index (κ3) is 5.31. The van der Waals surface area contributed by atoms with Crippen molar-refractivity contribution in [3.8, 4) is 0 Å². The van der Waals surface area contributed by atoms with Crippen LogP contribution < -0.4 is 0 Å². The Morgan fingerprint density at radius 2 is 1.35 bits per heavy atom. The maximum absolute atomic E-state index is 14.4. The highest BCUT2D eigenvalue weighted by atomic mass is 127. The van der Waals surface area contributed by atoms with E-state index < -0.39 is 6.17 Å². The molecule has 0 bridgehead atoms. The summed E-state index contributed by atoms with van der Waals surface area (Å²) in [5.41, 5.74) is 0. The van der Waals surface area contributed by atoms with E-state index in [9.17, 15) is 4.39 Å². The highest BCUT2D eigenvalue weighted by Crippen LogP contribution is 2.44. The minimum absolute atomic E-state index is 0.408. The van der Waals surface area contributed by atoms with Crippen molar-refractivity contribution in [2.45, 2.75) is 100 Å². The molecule has 0 aromatic heterocycles. The van der Waals surface area contributed by atoms with Crippen LogP contribution in [0.3, 0.4) is 0 Å². The summed E-state index contributed by atoms with van der Waals surface area (Å²) in [6.07, 6.45) is 17.0. The van der Waals surface area contributed by atoms with Crippen molar-refractivity contribution in [3.63, 3.8) is 0 Å². The molecule has 3 rings (SSSR count). The van der Waals surface area contributed by atoms with Gasteiger partial charge in [-0.05, 0) is 81.0 Å². The molecule has 134 valence electrons. The first-order chi connectivity index (χ1) is 11.1. The molecule has 3 aliphatic rings. The van der Waals surface area contributed by atoms with Crippen LogP contribution in [0.1, 0.15) is 90.4 Å². The maximum atomic E-state index is 14.4. The Morgan fingerprint density at radius 3 is 1.91 bits per heavy atom. The van der Waals surface area contributed by atoms with Crippen LogP contribution in [-0.4, -0.2) is 10.1 Å². The average Bonchev–Trinajstić information content (AvgIpc) is 2.55. The molecule has 0 aliphatic heterocycles. The molecule has 3 unspecified atom stereocenters. The summed E-state index contributed by atoms with van der Waals surface area (Å²) in [5, 5.41) is 0. The molecule has 0 aromatic rings. The molecule has 0 heterocycles. The predicted molar refractivity (Wildman–Crippen MR) is 106 cm³/mol. The third-order valence-electron chi connectivity index (χ3n) is 7.34. The lowest BCUT2D eigenvalue weighted by atomic mass is 9.68. The lowest BCUT2D eigenvalue weighted by Crippen LogP contribution is -2.33. The fraction of sp³-hybridized carbons (Fsp3) is 1.00. The van der Waals surface area contributed by atoms with Gasteiger partial charge in [-0.2, -0.15) is 0 Å². The van der Waals surface area contributed by atoms with E-state index in [1.54, 1.807) is 0 Å². The van der Waals surface area contributed by atoms with Gasteiger partial charge in [0.05, 0.1) is 0 Å². The van der Waals surface area contributed by atoms with E-state index in [0.29, 0.717) is 17.8 Å². The van der Waals surface area contributed by atoms with Gasteiger partial charge >= 0.3 is 0 Å². The van der Waals surface area contributed by atoms with Gasteiger partial charge in [0.25, 0.3) is 0 Å². The zero-order valence-corrected chi connectivity index (χ0v) is 17.1. The quantitative estimate of drug-likeness (QED) is 0.321. The van der Waals surface area contributed by atoms with Gasteiger partial charge < -0.3 is 0 Å². The second-order valence-corrected chi connectivity index (χ2v) is 10.8. The first-order valence-electron chi connectivity index (χ1n) is 10.4. The molecule has 0 aromatic carbocycles. The first kappa shape index (κ1) is 18.5. The van der Waals surface area contributed by atoms with E-state index in [2.05, 4.69) is 29.5 Å². The van der Waals surface area contributed by atoms with Gasteiger partial charge in [-0.15, -0.1) is 0 Å². The maximum Gasteiger partial charge on any atom is 0.103 e. The molecule has 0 N–H and O–H groups in total. The molecule has 0 saturated heterocycles. The Bertz CT molecular complexity index is 342. The van der Waals surface area contributed by atoms with Gasteiger partial charge in [-0.1, -0.05) is 61.6 Å². The van der Waals surface area contributed by atoms with Gasteiger partial charge in [0, 0.05) is 3.92 Å². The summed E-state index contributed by atoms with van der Waals surface area (Å²) in [4.78, 5) is 0. The molecular weight excluding hydrogens is 398 g/mol. The lowest BCUT2D eigenvalue weighted by Gasteiger charge is -2.39. The van der Waals surface area contributed by atoms with Crippen LogP contribution in [0.15, 0.2) is 0 Å². The normalized spacial score (nSPS) is 45.8. The monoisotopic (exact) mass is 434 g/mol. The number of halogens is 2. The largest absolute Gasteiger partial charge is 0.247 e. The van der Waals surface area contributed by atoms with E-state index in [1.165, 1.54) is 70.6 Å². The van der Waals surface area contributed by atoms with Gasteiger partial charge in [-0.25, -0.2) is 4.39 Å². The summed E-state index contributed by atoms with van der Waals surface area (Å²) in [7, 11) is 0. The molecule has 23 heavy (non-hydrogen) atoms. The fourth-order valence-corrected chi connectivity index (χ4v) is 6.37. The van der Waals surface area contributed by atoms with Gasteiger partial charge in [-0.3, -0.25) is 0 Å². The van der Waals surface area contributed by atoms with Gasteiger partial charge in [0.2, 0.25) is 0 Å². The van der Waals surface area contributed by atoms with Crippen molar-refractivity contribution in [1.82, 2.24) is 0 Å². The summed E-state index contributed by atoms with van der Waals surface area (Å²) < 4.78 is 15.4. The van der Waals surface area contributed by atoms with Crippen molar-refractivity contribution in [2.75, 3.05) is 0 Å². The van der Waals surface area contributed by atoms with E-state index >= 15 is 0 Å². The Kier molecular flexibility index (Phi) is 7.10. The minimum atomic E-state index is -0.497. The Hall–Kier alpha value is 0.660. The average molecular weight is 434 g/mol. The van der Waals surface area contributed by atoms with Crippen LogP contribution in [0.5, 0.6) is 0 Å². The second-order valence-electron chi connectivity index (χ2n) is 9.07.